The Balaban J connectivity index is 2.17. The second kappa shape index (κ2) is 6.15. The lowest BCUT2D eigenvalue weighted by Crippen LogP contribution is -1.86. The Morgan fingerprint density at radius 2 is 1.33 bits per heavy atom. The molecule has 1 heteroatoms. The van der Waals surface area contributed by atoms with E-state index in [9.17, 15) is 4.79 Å². The van der Waals surface area contributed by atoms with Crippen LogP contribution in [0.2, 0.25) is 0 Å². The monoisotopic (exact) mass is 238 g/mol. The molecule has 2 aromatic rings. The van der Waals surface area contributed by atoms with E-state index >= 15 is 0 Å². The molecule has 0 atom stereocenters. The minimum atomic E-state index is 0.496. The van der Waals surface area contributed by atoms with Gasteiger partial charge in [0.05, 0.1) is 0 Å². The van der Waals surface area contributed by atoms with Crippen molar-refractivity contribution in [3.05, 3.63) is 59.7 Å². The van der Waals surface area contributed by atoms with Crippen molar-refractivity contribution in [2.45, 2.75) is 26.2 Å². The van der Waals surface area contributed by atoms with Gasteiger partial charge in [-0.1, -0.05) is 61.9 Å². The van der Waals surface area contributed by atoms with E-state index in [4.69, 9.17) is 0 Å². The Kier molecular flexibility index (Phi) is 4.30. The average molecular weight is 238 g/mol. The maximum absolute atomic E-state index is 10.4. The zero-order valence-corrected chi connectivity index (χ0v) is 10.7. The van der Waals surface area contributed by atoms with E-state index in [1.54, 1.807) is 0 Å². The Labute approximate surface area is 108 Å². The quantitative estimate of drug-likeness (QED) is 0.718. The van der Waals surface area contributed by atoms with E-state index in [1.807, 2.05) is 12.1 Å². The molecule has 0 aliphatic rings. The third-order valence-electron chi connectivity index (χ3n) is 3.10. The van der Waals surface area contributed by atoms with Crippen LogP contribution in [0.1, 0.15) is 24.5 Å². The molecule has 0 radical (unpaired) electrons. The molecule has 0 spiro atoms. The molecule has 0 unspecified atom stereocenters. The van der Waals surface area contributed by atoms with Gasteiger partial charge in [-0.05, 0) is 28.7 Å². The molecule has 92 valence electrons. The van der Waals surface area contributed by atoms with Crippen molar-refractivity contribution in [2.75, 3.05) is 0 Å². The second-order valence-corrected chi connectivity index (χ2v) is 4.51. The topological polar surface area (TPSA) is 17.1 Å². The smallest absolute Gasteiger partial charge is 0.124 e. The molecule has 0 aliphatic heterocycles. The summed E-state index contributed by atoms with van der Waals surface area (Å²) in [5.74, 6) is 0. The zero-order valence-electron chi connectivity index (χ0n) is 10.7. The molecule has 2 rings (SSSR count). The van der Waals surface area contributed by atoms with E-state index < -0.39 is 0 Å². The van der Waals surface area contributed by atoms with Crippen molar-refractivity contribution in [1.29, 1.82) is 0 Å². The molecule has 0 N–H and O–H groups in total. The molecule has 2 aromatic carbocycles. The number of aldehydes is 1. The predicted molar refractivity (Wildman–Crippen MR) is 75.6 cm³/mol. The number of hydrogen-bond donors (Lipinski definition) is 0. The average Bonchev–Trinajstić information content (AvgIpc) is 2.41. The number of aryl methyl sites for hydroxylation is 1. The van der Waals surface area contributed by atoms with E-state index in [0.717, 1.165) is 18.3 Å². The predicted octanol–water partition coefficient (Wildman–Crippen LogP) is 4.05. The van der Waals surface area contributed by atoms with Gasteiger partial charge >= 0.3 is 0 Å². The van der Waals surface area contributed by atoms with Crippen LogP contribution < -0.4 is 0 Å². The highest BCUT2D eigenvalue weighted by molar-refractivity contribution is 5.65. The number of carbonyl (C=O) groups excluding carboxylic acids is 1. The maximum Gasteiger partial charge on any atom is 0.124 e. The van der Waals surface area contributed by atoms with Crippen LogP contribution in [0.15, 0.2) is 48.5 Å². The summed E-state index contributed by atoms with van der Waals surface area (Å²) in [6.45, 7) is 2.19. The van der Waals surface area contributed by atoms with Crippen molar-refractivity contribution < 1.29 is 4.79 Å². The van der Waals surface area contributed by atoms with Crippen LogP contribution in [0.25, 0.3) is 11.1 Å². The van der Waals surface area contributed by atoms with Gasteiger partial charge in [-0.3, -0.25) is 0 Å². The van der Waals surface area contributed by atoms with Crippen molar-refractivity contribution in [3.8, 4) is 11.1 Å². The fraction of sp³-hybridized carbons (Fsp3) is 0.235. The normalized spacial score (nSPS) is 10.3. The molecule has 0 aromatic heterocycles. The number of rotatable bonds is 5. The van der Waals surface area contributed by atoms with Crippen LogP contribution in [0.3, 0.4) is 0 Å². The molecule has 0 saturated heterocycles. The molecular formula is C17H18O. The van der Waals surface area contributed by atoms with Crippen molar-refractivity contribution in [1.82, 2.24) is 0 Å². The number of carbonyl (C=O) groups is 1. The zero-order chi connectivity index (χ0) is 12.8. The SMILES string of the molecule is CCCc1ccc(-c2ccc(CC=O)cc2)cc1. The van der Waals surface area contributed by atoms with Gasteiger partial charge < -0.3 is 4.79 Å². The van der Waals surface area contributed by atoms with Crippen LogP contribution in [-0.2, 0) is 17.6 Å². The third kappa shape index (κ3) is 3.07. The number of hydrogen-bond acceptors (Lipinski definition) is 1. The molecule has 0 bridgehead atoms. The van der Waals surface area contributed by atoms with E-state index in [1.165, 1.54) is 23.1 Å². The Hall–Kier alpha value is -1.89. The summed E-state index contributed by atoms with van der Waals surface area (Å²) >= 11 is 0. The molecule has 18 heavy (non-hydrogen) atoms. The highest BCUT2D eigenvalue weighted by Gasteiger charge is 1.98. The van der Waals surface area contributed by atoms with Crippen molar-refractivity contribution >= 4 is 6.29 Å². The highest BCUT2D eigenvalue weighted by Crippen LogP contribution is 2.20. The van der Waals surface area contributed by atoms with Crippen LogP contribution in [-0.4, -0.2) is 6.29 Å². The molecule has 0 amide bonds. The molecule has 0 fully saturated rings. The maximum atomic E-state index is 10.4. The first-order valence-corrected chi connectivity index (χ1v) is 6.45. The standard InChI is InChI=1S/C17H18O/c1-2-3-14-4-8-16(9-5-14)17-10-6-15(7-11-17)12-13-18/h4-11,13H,2-3,12H2,1H3. The highest BCUT2D eigenvalue weighted by atomic mass is 16.1. The summed E-state index contributed by atoms with van der Waals surface area (Å²) in [6, 6.07) is 16.9. The van der Waals surface area contributed by atoms with Gasteiger partial charge in [0, 0.05) is 6.42 Å². The summed E-state index contributed by atoms with van der Waals surface area (Å²) in [5, 5.41) is 0. The minimum Gasteiger partial charge on any atom is -0.303 e. The summed E-state index contributed by atoms with van der Waals surface area (Å²) < 4.78 is 0. The van der Waals surface area contributed by atoms with Gasteiger partial charge in [0.1, 0.15) is 6.29 Å². The molecule has 1 nitrogen and oxygen atoms in total. The van der Waals surface area contributed by atoms with Crippen LogP contribution in [0, 0.1) is 0 Å². The van der Waals surface area contributed by atoms with Crippen molar-refractivity contribution in [2.24, 2.45) is 0 Å². The number of benzene rings is 2. The van der Waals surface area contributed by atoms with E-state index in [0.29, 0.717) is 6.42 Å². The van der Waals surface area contributed by atoms with Gasteiger partial charge in [-0.2, -0.15) is 0 Å². The Bertz CT molecular complexity index is 494. The first-order chi connectivity index (χ1) is 8.83. The van der Waals surface area contributed by atoms with Crippen LogP contribution in [0.5, 0.6) is 0 Å². The lowest BCUT2D eigenvalue weighted by Gasteiger charge is -2.04. The van der Waals surface area contributed by atoms with Gasteiger partial charge in [0.25, 0.3) is 0 Å². The fourth-order valence-electron chi connectivity index (χ4n) is 2.08. The lowest BCUT2D eigenvalue weighted by molar-refractivity contribution is -0.107. The van der Waals surface area contributed by atoms with Gasteiger partial charge in [0.2, 0.25) is 0 Å². The minimum absolute atomic E-state index is 0.496. The fourth-order valence-corrected chi connectivity index (χ4v) is 2.08. The van der Waals surface area contributed by atoms with Gasteiger partial charge in [-0.25, -0.2) is 0 Å². The first-order valence-electron chi connectivity index (χ1n) is 6.45. The lowest BCUT2D eigenvalue weighted by atomic mass is 10.0. The second-order valence-electron chi connectivity index (χ2n) is 4.51. The summed E-state index contributed by atoms with van der Waals surface area (Å²) in [6.07, 6.45) is 3.75. The molecular weight excluding hydrogens is 220 g/mol. The van der Waals surface area contributed by atoms with Gasteiger partial charge in [0.15, 0.2) is 0 Å². The first kappa shape index (κ1) is 12.6. The van der Waals surface area contributed by atoms with Crippen LogP contribution >= 0.6 is 0 Å². The summed E-state index contributed by atoms with van der Waals surface area (Å²) in [5.41, 5.74) is 4.88. The Morgan fingerprint density at radius 3 is 1.78 bits per heavy atom. The summed E-state index contributed by atoms with van der Waals surface area (Å²) in [4.78, 5) is 10.4. The molecule has 0 heterocycles. The molecule has 0 aliphatic carbocycles. The molecule has 0 saturated carbocycles. The Morgan fingerprint density at radius 1 is 0.833 bits per heavy atom. The van der Waals surface area contributed by atoms with Crippen LogP contribution in [0.4, 0.5) is 0 Å². The van der Waals surface area contributed by atoms with E-state index in [-0.39, 0.29) is 0 Å². The van der Waals surface area contributed by atoms with Gasteiger partial charge in [-0.15, -0.1) is 0 Å². The van der Waals surface area contributed by atoms with E-state index in [2.05, 4.69) is 43.3 Å². The van der Waals surface area contributed by atoms with Crippen molar-refractivity contribution in [3.63, 3.8) is 0 Å². The third-order valence-corrected chi connectivity index (χ3v) is 3.10. The summed E-state index contributed by atoms with van der Waals surface area (Å²) in [7, 11) is 0. The largest absolute Gasteiger partial charge is 0.303 e.